The molecular formula is C21H46O5Si2. The number of carbonyl (C=O) groups excluding carboxylic acids is 1. The lowest BCUT2D eigenvalue weighted by Crippen LogP contribution is -2.53. The van der Waals surface area contributed by atoms with Crippen molar-refractivity contribution in [2.45, 2.75) is 102 Å². The van der Waals surface area contributed by atoms with Crippen LogP contribution < -0.4 is 0 Å². The lowest BCUT2D eigenvalue weighted by molar-refractivity contribution is -0.120. The van der Waals surface area contributed by atoms with Gasteiger partial charge in [0.1, 0.15) is 5.78 Å². The fraction of sp³-hybridized carbons (Fsp3) is 0.952. The third-order valence-corrected chi connectivity index (χ3v) is 14.3. The Morgan fingerprint density at radius 2 is 0.964 bits per heavy atom. The van der Waals surface area contributed by atoms with Crippen LogP contribution in [0.15, 0.2) is 0 Å². The number of carbonyl (C=O) groups is 1. The summed E-state index contributed by atoms with van der Waals surface area (Å²) < 4.78 is 23.9. The van der Waals surface area contributed by atoms with Gasteiger partial charge in [0.15, 0.2) is 0 Å². The second kappa shape index (κ2) is 14.9. The zero-order valence-corrected chi connectivity index (χ0v) is 21.8. The molecule has 0 fully saturated rings. The van der Waals surface area contributed by atoms with Crippen molar-refractivity contribution < 1.29 is 22.5 Å². The van der Waals surface area contributed by atoms with Crippen LogP contribution in [0.3, 0.4) is 0 Å². The van der Waals surface area contributed by atoms with E-state index in [0.717, 1.165) is 63.5 Å². The Hall–Kier alpha value is -0.0562. The van der Waals surface area contributed by atoms with Crippen molar-refractivity contribution in [2.75, 3.05) is 28.4 Å². The van der Waals surface area contributed by atoms with Gasteiger partial charge in [-0.2, -0.15) is 0 Å². The highest BCUT2D eigenvalue weighted by atomic mass is 28.4. The van der Waals surface area contributed by atoms with Gasteiger partial charge < -0.3 is 17.7 Å². The van der Waals surface area contributed by atoms with Crippen molar-refractivity contribution in [1.82, 2.24) is 0 Å². The lowest BCUT2D eigenvalue weighted by atomic mass is 10.0. The van der Waals surface area contributed by atoms with Gasteiger partial charge >= 0.3 is 17.1 Å². The third kappa shape index (κ3) is 7.02. The van der Waals surface area contributed by atoms with Gasteiger partial charge in [-0.15, -0.1) is 0 Å². The largest absolute Gasteiger partial charge is 0.397 e. The molecule has 5 nitrogen and oxygen atoms in total. The Balaban J connectivity index is 6.00. The van der Waals surface area contributed by atoms with Crippen molar-refractivity contribution in [1.29, 1.82) is 0 Å². The van der Waals surface area contributed by atoms with E-state index >= 15 is 0 Å². The zero-order chi connectivity index (χ0) is 21.6. The van der Waals surface area contributed by atoms with Crippen LogP contribution in [0.2, 0.25) is 23.2 Å². The number of ketones is 1. The van der Waals surface area contributed by atoms with E-state index in [1.807, 2.05) is 0 Å². The summed E-state index contributed by atoms with van der Waals surface area (Å²) in [6.07, 6.45) is 8.22. The van der Waals surface area contributed by atoms with Crippen molar-refractivity contribution in [3.8, 4) is 0 Å². The molecule has 7 heteroatoms. The number of hydrogen-bond acceptors (Lipinski definition) is 5. The molecule has 0 N–H and O–H groups in total. The summed E-state index contributed by atoms with van der Waals surface area (Å²) in [5.41, 5.74) is -0.344. The molecule has 0 rings (SSSR count). The lowest BCUT2D eigenvalue weighted by Gasteiger charge is -2.39. The van der Waals surface area contributed by atoms with E-state index in [1.54, 1.807) is 28.4 Å². The minimum Gasteiger partial charge on any atom is -0.397 e. The summed E-state index contributed by atoms with van der Waals surface area (Å²) in [7, 11) is 1.59. The molecule has 0 aromatic carbocycles. The Morgan fingerprint density at radius 3 is 1.18 bits per heavy atom. The topological polar surface area (TPSA) is 54.0 Å². The van der Waals surface area contributed by atoms with Gasteiger partial charge in [0.25, 0.3) is 0 Å². The second-order valence-corrected chi connectivity index (χ2v) is 15.3. The van der Waals surface area contributed by atoms with Crippen LogP contribution in [0.1, 0.15) is 79.1 Å². The van der Waals surface area contributed by atoms with Gasteiger partial charge in [0.2, 0.25) is 0 Å². The smallest absolute Gasteiger partial charge is 0.348 e. The minimum atomic E-state index is -2.63. The molecule has 0 saturated heterocycles. The van der Waals surface area contributed by atoms with Gasteiger partial charge in [-0.1, -0.05) is 66.2 Å². The number of hydrogen-bond donors (Lipinski definition) is 0. The average Bonchev–Trinajstić information content (AvgIpc) is 2.73. The average molecular weight is 435 g/mol. The normalized spacial score (nSPS) is 14.9. The summed E-state index contributed by atoms with van der Waals surface area (Å²) in [6.45, 7) is 8.55. The molecule has 0 aromatic rings. The monoisotopic (exact) mass is 434 g/mol. The molecule has 0 aliphatic heterocycles. The van der Waals surface area contributed by atoms with E-state index in [4.69, 9.17) is 17.7 Å². The second-order valence-electron chi connectivity index (χ2n) is 7.65. The number of unbranched alkanes of at least 4 members (excludes halogenated alkanes) is 4. The molecule has 2 unspecified atom stereocenters. The molecule has 0 heterocycles. The van der Waals surface area contributed by atoms with Gasteiger partial charge in [0, 0.05) is 28.4 Å². The van der Waals surface area contributed by atoms with Crippen LogP contribution in [0, 0.1) is 0 Å². The first-order chi connectivity index (χ1) is 13.4. The van der Waals surface area contributed by atoms with Crippen LogP contribution in [0.5, 0.6) is 0 Å². The van der Waals surface area contributed by atoms with Crippen molar-refractivity contribution in [3.63, 3.8) is 0 Å². The van der Waals surface area contributed by atoms with E-state index in [-0.39, 0.29) is 16.9 Å². The summed E-state index contributed by atoms with van der Waals surface area (Å²) >= 11 is 0. The van der Waals surface area contributed by atoms with Gasteiger partial charge in [-0.3, -0.25) is 4.79 Å². The van der Waals surface area contributed by atoms with Crippen LogP contribution in [-0.4, -0.2) is 51.3 Å². The van der Waals surface area contributed by atoms with Crippen LogP contribution in [-0.2, 0) is 22.5 Å². The molecule has 0 bridgehead atoms. The highest BCUT2D eigenvalue weighted by molar-refractivity contribution is 6.77. The predicted octanol–water partition coefficient (Wildman–Crippen LogP) is 5.97. The maximum absolute atomic E-state index is 14.0. The molecule has 28 heavy (non-hydrogen) atoms. The summed E-state index contributed by atoms with van der Waals surface area (Å²) in [5.74, 6) is 0.265. The van der Waals surface area contributed by atoms with Gasteiger partial charge in [0.05, 0.1) is 11.1 Å². The highest BCUT2D eigenvalue weighted by Crippen LogP contribution is 2.42. The van der Waals surface area contributed by atoms with Crippen LogP contribution >= 0.6 is 0 Å². The first-order valence-corrected chi connectivity index (χ1v) is 15.4. The first kappa shape index (κ1) is 27.9. The van der Waals surface area contributed by atoms with E-state index in [2.05, 4.69) is 27.7 Å². The van der Waals surface area contributed by atoms with Crippen molar-refractivity contribution in [2.24, 2.45) is 0 Å². The van der Waals surface area contributed by atoms with E-state index in [0.29, 0.717) is 0 Å². The maximum atomic E-state index is 14.0. The quantitative estimate of drug-likeness (QED) is 0.196. The summed E-state index contributed by atoms with van der Waals surface area (Å²) in [4.78, 5) is 14.0. The van der Waals surface area contributed by atoms with Crippen LogP contribution in [0.4, 0.5) is 0 Å². The van der Waals surface area contributed by atoms with Gasteiger partial charge in [-0.05, 0) is 24.9 Å². The molecule has 168 valence electrons. The summed E-state index contributed by atoms with van der Waals surface area (Å²) in [5, 5.41) is 0. The van der Waals surface area contributed by atoms with E-state index in [1.165, 1.54) is 0 Å². The molecular weight excluding hydrogens is 388 g/mol. The van der Waals surface area contributed by atoms with E-state index < -0.39 is 17.1 Å². The number of rotatable bonds is 18. The number of Topliss-reactive ketones (excluding diaryl/α,β-unsaturated/α-hetero) is 1. The Bertz CT molecular complexity index is 359. The molecule has 0 aliphatic rings. The summed E-state index contributed by atoms with van der Waals surface area (Å²) in [6, 6.07) is 1.54. The zero-order valence-electron chi connectivity index (χ0n) is 19.8. The Morgan fingerprint density at radius 1 is 0.643 bits per heavy atom. The molecule has 0 amide bonds. The van der Waals surface area contributed by atoms with E-state index in [9.17, 15) is 4.79 Å². The maximum Gasteiger partial charge on any atom is 0.348 e. The minimum absolute atomic E-state index is 0.172. The molecule has 0 radical (unpaired) electrons. The molecule has 0 spiro atoms. The predicted molar refractivity (Wildman–Crippen MR) is 121 cm³/mol. The Kier molecular flexibility index (Phi) is 14.8. The molecule has 0 saturated carbocycles. The molecule has 0 aromatic heterocycles. The van der Waals surface area contributed by atoms with Crippen molar-refractivity contribution >= 4 is 22.9 Å². The fourth-order valence-corrected chi connectivity index (χ4v) is 10.7. The Labute approximate surface area is 176 Å². The van der Waals surface area contributed by atoms with Crippen LogP contribution in [0.25, 0.3) is 0 Å². The highest BCUT2D eigenvalue weighted by Gasteiger charge is 2.54. The molecule has 0 aliphatic carbocycles. The van der Waals surface area contributed by atoms with Gasteiger partial charge in [-0.25, -0.2) is 0 Å². The molecule has 2 atom stereocenters. The van der Waals surface area contributed by atoms with Crippen molar-refractivity contribution in [3.05, 3.63) is 0 Å². The SMILES string of the molecule is CCCCCC(C(=O)C(CCCCC)[Si](CC)(OC)OC)[Si](CC)(OC)OC. The first-order valence-electron chi connectivity index (χ1n) is 11.2. The fourth-order valence-electron chi connectivity index (χ4n) is 4.40. The standard InChI is InChI=1S/C21H46O5Si2/c1-9-13-15-17-19(27(11-3,23-5)24-6)21(22)20(18-16-14-10-2)28(12-4,25-7)26-8/h19-20H,9-18H2,1-8H3. The third-order valence-electron chi connectivity index (χ3n) is 6.31.